The molecule has 0 bridgehead atoms. The van der Waals surface area contributed by atoms with Gasteiger partial charge in [-0.2, -0.15) is 0 Å². The summed E-state index contributed by atoms with van der Waals surface area (Å²) in [7, 11) is 0. The van der Waals surface area contributed by atoms with Crippen molar-refractivity contribution in [2.45, 2.75) is 27.7 Å². The molecular formula is C16H23N. The lowest BCUT2D eigenvalue weighted by atomic mass is 10.1. The molecular weight excluding hydrogens is 206 g/mol. The van der Waals surface area contributed by atoms with Crippen LogP contribution in [0.4, 0.5) is 0 Å². The maximum Gasteiger partial charge on any atom is 0.0461 e. The molecule has 1 N–H and O–H groups in total. The van der Waals surface area contributed by atoms with Gasteiger partial charge < -0.3 is 4.98 Å². The van der Waals surface area contributed by atoms with Crippen molar-refractivity contribution in [1.82, 2.24) is 4.98 Å². The molecule has 1 rings (SSSR count). The fourth-order valence-electron chi connectivity index (χ4n) is 1.64. The third-order valence-electron chi connectivity index (χ3n) is 2.25. The van der Waals surface area contributed by atoms with Gasteiger partial charge in [0.25, 0.3) is 0 Å². The van der Waals surface area contributed by atoms with Crippen LogP contribution in [0.5, 0.6) is 0 Å². The van der Waals surface area contributed by atoms with E-state index in [9.17, 15) is 0 Å². The zero-order valence-electron chi connectivity index (χ0n) is 11.4. The van der Waals surface area contributed by atoms with Crippen molar-refractivity contribution in [2.24, 2.45) is 0 Å². The van der Waals surface area contributed by atoms with Gasteiger partial charge in [-0.15, -0.1) is 0 Å². The number of H-pyrrole nitrogens is 1. The zero-order chi connectivity index (χ0) is 13.3. The van der Waals surface area contributed by atoms with E-state index in [0.29, 0.717) is 0 Å². The Morgan fingerprint density at radius 1 is 1.12 bits per heavy atom. The van der Waals surface area contributed by atoms with Gasteiger partial charge in [0.2, 0.25) is 0 Å². The van der Waals surface area contributed by atoms with Gasteiger partial charge in [0.1, 0.15) is 0 Å². The van der Waals surface area contributed by atoms with E-state index in [1.165, 1.54) is 10.8 Å². The van der Waals surface area contributed by atoms with Gasteiger partial charge in [-0.25, -0.2) is 0 Å². The lowest BCUT2D eigenvalue weighted by Gasteiger charge is -1.89. The Hall–Kier alpha value is -1.76. The Morgan fingerprint density at radius 3 is 2.18 bits per heavy atom. The Balaban J connectivity index is 0.00000121. The van der Waals surface area contributed by atoms with E-state index in [1.54, 1.807) is 6.08 Å². The normalized spacial score (nSPS) is 12.5. The maximum absolute atomic E-state index is 3.80. The Morgan fingerprint density at radius 2 is 1.76 bits per heavy atom. The summed E-state index contributed by atoms with van der Waals surface area (Å²) in [6, 6.07) is 0. The quantitative estimate of drug-likeness (QED) is 0.816. The molecule has 0 atom stereocenters. The second-order valence-corrected chi connectivity index (χ2v) is 3.17. The van der Waals surface area contributed by atoms with Gasteiger partial charge in [-0.05, 0) is 26.0 Å². The molecule has 0 aliphatic heterocycles. The van der Waals surface area contributed by atoms with Gasteiger partial charge in [-0.3, -0.25) is 0 Å². The molecule has 0 saturated heterocycles. The summed E-state index contributed by atoms with van der Waals surface area (Å²) in [5.41, 5.74) is 2.23. The van der Waals surface area contributed by atoms with Crippen LogP contribution in [-0.2, 0) is 0 Å². The Bertz CT molecular complexity index is 498. The van der Waals surface area contributed by atoms with Crippen LogP contribution >= 0.6 is 0 Å². The van der Waals surface area contributed by atoms with E-state index in [2.05, 4.69) is 30.3 Å². The molecule has 1 nitrogen and oxygen atoms in total. The second-order valence-electron chi connectivity index (χ2n) is 3.17. The van der Waals surface area contributed by atoms with Crippen molar-refractivity contribution in [3.63, 3.8) is 0 Å². The second kappa shape index (κ2) is 8.40. The summed E-state index contributed by atoms with van der Waals surface area (Å²) in [6.45, 7) is 15.6. The highest BCUT2D eigenvalue weighted by atomic mass is 14.7. The highest BCUT2D eigenvalue weighted by molar-refractivity contribution is 5.64. The third kappa shape index (κ3) is 3.63. The predicted octanol–water partition coefficient (Wildman–Crippen LogP) is 3.48. The average molecular weight is 229 g/mol. The maximum atomic E-state index is 3.80. The summed E-state index contributed by atoms with van der Waals surface area (Å²) in [5, 5.41) is 2.28. The predicted molar refractivity (Wildman–Crippen MR) is 81.0 cm³/mol. The fourth-order valence-corrected chi connectivity index (χ4v) is 1.64. The minimum absolute atomic E-state index is 1.05. The van der Waals surface area contributed by atoms with Gasteiger partial charge in [0.05, 0.1) is 0 Å². The van der Waals surface area contributed by atoms with E-state index in [0.717, 1.165) is 11.0 Å². The minimum Gasteiger partial charge on any atom is -0.355 e. The van der Waals surface area contributed by atoms with Crippen molar-refractivity contribution in [2.75, 3.05) is 0 Å². The smallest absolute Gasteiger partial charge is 0.0461 e. The number of nitrogens with one attached hydrogen (secondary N) is 1. The van der Waals surface area contributed by atoms with Gasteiger partial charge >= 0.3 is 0 Å². The van der Waals surface area contributed by atoms with Crippen molar-refractivity contribution in [3.8, 4) is 0 Å². The van der Waals surface area contributed by atoms with Crippen LogP contribution in [0.1, 0.15) is 39.0 Å². The molecule has 1 aromatic rings. The number of hydrogen-bond donors (Lipinski definition) is 1. The highest BCUT2D eigenvalue weighted by Gasteiger charge is 2.01. The summed E-state index contributed by atoms with van der Waals surface area (Å²) in [4.78, 5) is 3.31. The first-order chi connectivity index (χ1) is 8.28. The first kappa shape index (κ1) is 15.2. The van der Waals surface area contributed by atoms with Gasteiger partial charge in [0, 0.05) is 21.8 Å². The van der Waals surface area contributed by atoms with Crippen LogP contribution in [-0.4, -0.2) is 4.98 Å². The monoisotopic (exact) mass is 229 g/mol. The molecule has 0 amide bonds. The average Bonchev–Trinajstić information content (AvgIpc) is 2.70. The lowest BCUT2D eigenvalue weighted by Crippen LogP contribution is -2.23. The highest BCUT2D eigenvalue weighted by Crippen LogP contribution is 2.02. The number of aromatic amines is 1. The van der Waals surface area contributed by atoms with Crippen LogP contribution < -0.4 is 10.6 Å². The number of aromatic nitrogens is 1. The summed E-state index contributed by atoms with van der Waals surface area (Å²) >= 11 is 0. The molecule has 0 saturated carbocycles. The van der Waals surface area contributed by atoms with Gasteiger partial charge in [0.15, 0.2) is 0 Å². The third-order valence-corrected chi connectivity index (χ3v) is 2.25. The molecule has 0 aliphatic carbocycles. The van der Waals surface area contributed by atoms with Crippen LogP contribution in [0, 0.1) is 0 Å². The summed E-state index contributed by atoms with van der Waals surface area (Å²) < 4.78 is 0. The van der Waals surface area contributed by atoms with Crippen LogP contribution in [0.15, 0.2) is 25.3 Å². The molecule has 1 heteroatoms. The van der Waals surface area contributed by atoms with E-state index in [-0.39, 0.29) is 0 Å². The van der Waals surface area contributed by atoms with Crippen molar-refractivity contribution < 1.29 is 0 Å². The van der Waals surface area contributed by atoms with Gasteiger partial charge in [-0.1, -0.05) is 51.3 Å². The lowest BCUT2D eigenvalue weighted by molar-refractivity contribution is 1.29. The minimum atomic E-state index is 1.05. The number of rotatable bonds is 3. The molecule has 0 radical (unpaired) electrons. The van der Waals surface area contributed by atoms with Crippen molar-refractivity contribution >= 4 is 24.3 Å². The zero-order valence-corrected chi connectivity index (χ0v) is 11.4. The van der Waals surface area contributed by atoms with Crippen LogP contribution in [0.3, 0.4) is 0 Å². The topological polar surface area (TPSA) is 15.8 Å². The molecule has 0 fully saturated rings. The molecule has 1 heterocycles. The number of allylic oxidation sites excluding steroid dienone is 2. The fraction of sp³-hybridized carbons (Fsp3) is 0.250. The van der Waals surface area contributed by atoms with E-state index >= 15 is 0 Å². The standard InChI is InChI=1S/C14H17N.C2H6/c1-5-9-12-11(7-3)14(10-6-2)15-13(12)8-4;1-2/h5-10,15H,2,4H2,1,3H3;1-2H3/b9-5-,11-7-,14-10+;. The number of hydrogen-bond acceptors (Lipinski definition) is 0. The van der Waals surface area contributed by atoms with E-state index in [1.807, 2.05) is 45.9 Å². The molecule has 0 aromatic carbocycles. The SMILES string of the molecule is C=C/C=c1/[nH]c(C=C)c(/C=C\C)/c1=C/C.CC. The molecule has 0 aliphatic rings. The molecule has 0 unspecified atom stereocenters. The molecule has 92 valence electrons. The molecule has 0 spiro atoms. The largest absolute Gasteiger partial charge is 0.355 e. The first-order valence-electron chi connectivity index (χ1n) is 6.04. The van der Waals surface area contributed by atoms with Crippen molar-refractivity contribution in [3.05, 3.63) is 47.1 Å². The first-order valence-corrected chi connectivity index (χ1v) is 6.04. The van der Waals surface area contributed by atoms with Crippen molar-refractivity contribution in [1.29, 1.82) is 0 Å². The molecule has 17 heavy (non-hydrogen) atoms. The summed E-state index contributed by atoms with van der Waals surface area (Å²) in [5.74, 6) is 0. The Labute approximate surface area is 105 Å². The molecule has 1 aromatic heterocycles. The van der Waals surface area contributed by atoms with E-state index in [4.69, 9.17) is 0 Å². The Kier molecular flexibility index (Phi) is 7.53. The van der Waals surface area contributed by atoms with E-state index < -0.39 is 0 Å². The summed E-state index contributed by atoms with van der Waals surface area (Å²) in [6.07, 6.45) is 11.8. The van der Waals surface area contributed by atoms with Crippen LogP contribution in [0.2, 0.25) is 0 Å². The van der Waals surface area contributed by atoms with Crippen LogP contribution in [0.25, 0.3) is 24.3 Å².